The van der Waals surface area contributed by atoms with Crippen LogP contribution >= 0.6 is 0 Å². The molecule has 3 nitrogen and oxygen atoms in total. The van der Waals surface area contributed by atoms with Gasteiger partial charge in [-0.3, -0.25) is 4.90 Å². The molecule has 0 unspecified atom stereocenters. The second kappa shape index (κ2) is 7.66. The molecule has 0 bridgehead atoms. The highest BCUT2D eigenvalue weighted by Crippen LogP contribution is 2.29. The quantitative estimate of drug-likeness (QED) is 0.803. The molecule has 1 saturated carbocycles. The molecule has 2 aliphatic rings. The Morgan fingerprint density at radius 3 is 2.62 bits per heavy atom. The average molecular weight is 287 g/mol. The van der Waals surface area contributed by atoms with Crippen LogP contribution in [0, 0.1) is 17.2 Å². The van der Waals surface area contributed by atoms with Crippen LogP contribution in [0.4, 0.5) is 0 Å². The first-order valence-corrected chi connectivity index (χ1v) is 8.35. The van der Waals surface area contributed by atoms with Crippen molar-refractivity contribution in [3.05, 3.63) is 22.4 Å². The summed E-state index contributed by atoms with van der Waals surface area (Å²) in [5, 5.41) is 12.5. The second-order valence-electron chi connectivity index (χ2n) is 6.61. The van der Waals surface area contributed by atoms with Gasteiger partial charge >= 0.3 is 0 Å². The van der Waals surface area contributed by atoms with E-state index in [1.54, 1.807) is 0 Å². The molecule has 1 fully saturated rings. The highest BCUT2D eigenvalue weighted by atomic mass is 15.1. The highest BCUT2D eigenvalue weighted by molar-refractivity contribution is 5.48. The topological polar surface area (TPSA) is 39.1 Å². The van der Waals surface area contributed by atoms with Crippen molar-refractivity contribution in [2.24, 2.45) is 5.92 Å². The second-order valence-corrected chi connectivity index (χ2v) is 6.61. The van der Waals surface area contributed by atoms with E-state index < -0.39 is 0 Å². The lowest BCUT2D eigenvalue weighted by Crippen LogP contribution is -2.36. The summed E-state index contributed by atoms with van der Waals surface area (Å²) < 4.78 is 0. The normalized spacial score (nSPS) is 22.8. The SMILES string of the molecule is CN/C(C)=C(\C#N)C1=C(C)CN(CC2CCCCC2)CC1. The first kappa shape index (κ1) is 16.1. The minimum absolute atomic E-state index is 0.854. The maximum Gasteiger partial charge on any atom is 0.101 e. The molecule has 3 heteroatoms. The third kappa shape index (κ3) is 4.11. The Kier molecular flexibility index (Phi) is 5.87. The number of nitrogens with one attached hydrogen (secondary N) is 1. The van der Waals surface area contributed by atoms with E-state index in [2.05, 4.69) is 23.2 Å². The van der Waals surface area contributed by atoms with E-state index in [-0.39, 0.29) is 0 Å². The third-order valence-electron chi connectivity index (χ3n) is 5.06. The summed E-state index contributed by atoms with van der Waals surface area (Å²) in [6.07, 6.45) is 8.10. The van der Waals surface area contributed by atoms with Crippen molar-refractivity contribution in [2.45, 2.75) is 52.4 Å². The molecule has 0 spiro atoms. The molecule has 0 aromatic rings. The first-order valence-electron chi connectivity index (χ1n) is 8.35. The van der Waals surface area contributed by atoms with Crippen LogP contribution < -0.4 is 5.32 Å². The van der Waals surface area contributed by atoms with Crippen LogP contribution in [0.15, 0.2) is 22.4 Å². The summed E-state index contributed by atoms with van der Waals surface area (Å²) in [6, 6.07) is 2.39. The molecule has 1 aliphatic carbocycles. The first-order chi connectivity index (χ1) is 10.2. The Labute approximate surface area is 129 Å². The van der Waals surface area contributed by atoms with Crippen LogP contribution in [-0.4, -0.2) is 31.6 Å². The highest BCUT2D eigenvalue weighted by Gasteiger charge is 2.23. The number of hydrogen-bond acceptors (Lipinski definition) is 3. The van der Waals surface area contributed by atoms with Gasteiger partial charge in [-0.1, -0.05) is 24.8 Å². The molecule has 0 aromatic carbocycles. The maximum atomic E-state index is 9.43. The Morgan fingerprint density at radius 2 is 2.05 bits per heavy atom. The van der Waals surface area contributed by atoms with E-state index in [0.717, 1.165) is 36.7 Å². The maximum absolute atomic E-state index is 9.43. The zero-order chi connectivity index (χ0) is 15.2. The van der Waals surface area contributed by atoms with Gasteiger partial charge < -0.3 is 5.32 Å². The van der Waals surface area contributed by atoms with Gasteiger partial charge in [-0.2, -0.15) is 5.26 Å². The van der Waals surface area contributed by atoms with Crippen molar-refractivity contribution in [1.82, 2.24) is 10.2 Å². The average Bonchev–Trinajstić information content (AvgIpc) is 2.50. The van der Waals surface area contributed by atoms with Gasteiger partial charge in [-0.25, -0.2) is 0 Å². The van der Waals surface area contributed by atoms with Crippen LogP contribution in [0.1, 0.15) is 52.4 Å². The molecule has 0 aromatic heterocycles. The fourth-order valence-corrected chi connectivity index (χ4v) is 3.72. The van der Waals surface area contributed by atoms with Gasteiger partial charge in [0.2, 0.25) is 0 Å². The number of nitrogens with zero attached hydrogens (tertiary/aromatic N) is 2. The molecule has 0 amide bonds. The third-order valence-corrected chi connectivity index (χ3v) is 5.06. The smallest absolute Gasteiger partial charge is 0.101 e. The lowest BCUT2D eigenvalue weighted by atomic mass is 9.87. The Morgan fingerprint density at radius 1 is 1.33 bits per heavy atom. The number of allylic oxidation sites excluding steroid dienone is 2. The van der Waals surface area contributed by atoms with Crippen LogP contribution in [-0.2, 0) is 0 Å². The minimum atomic E-state index is 0.854. The largest absolute Gasteiger partial charge is 0.391 e. The van der Waals surface area contributed by atoms with E-state index in [0.29, 0.717) is 0 Å². The summed E-state index contributed by atoms with van der Waals surface area (Å²) in [6.45, 7) is 7.58. The van der Waals surface area contributed by atoms with E-state index >= 15 is 0 Å². The molecule has 1 aliphatic heterocycles. The van der Waals surface area contributed by atoms with Crippen molar-refractivity contribution < 1.29 is 0 Å². The van der Waals surface area contributed by atoms with E-state index in [9.17, 15) is 5.26 Å². The van der Waals surface area contributed by atoms with Crippen molar-refractivity contribution in [1.29, 1.82) is 5.26 Å². The lowest BCUT2D eigenvalue weighted by Gasteiger charge is -2.34. The van der Waals surface area contributed by atoms with E-state index in [1.165, 1.54) is 49.8 Å². The van der Waals surface area contributed by atoms with Gasteiger partial charge in [-0.05, 0) is 44.6 Å². The minimum Gasteiger partial charge on any atom is -0.391 e. The Hall–Kier alpha value is -1.27. The van der Waals surface area contributed by atoms with Gasteiger partial charge in [0.1, 0.15) is 6.07 Å². The van der Waals surface area contributed by atoms with Gasteiger partial charge in [-0.15, -0.1) is 0 Å². The van der Waals surface area contributed by atoms with Crippen molar-refractivity contribution in [3.63, 3.8) is 0 Å². The van der Waals surface area contributed by atoms with Gasteiger partial charge in [0.15, 0.2) is 0 Å². The predicted octanol–water partition coefficient (Wildman–Crippen LogP) is 3.61. The molecule has 21 heavy (non-hydrogen) atoms. The number of hydrogen-bond donors (Lipinski definition) is 1. The summed E-state index contributed by atoms with van der Waals surface area (Å²) in [5.41, 5.74) is 4.49. The van der Waals surface area contributed by atoms with Crippen molar-refractivity contribution >= 4 is 0 Å². The van der Waals surface area contributed by atoms with E-state index in [4.69, 9.17) is 0 Å². The van der Waals surface area contributed by atoms with Gasteiger partial charge in [0, 0.05) is 32.4 Å². The lowest BCUT2D eigenvalue weighted by molar-refractivity contribution is 0.208. The van der Waals surface area contributed by atoms with Gasteiger partial charge in [0.25, 0.3) is 0 Å². The monoisotopic (exact) mass is 287 g/mol. The molecular formula is C18H29N3. The zero-order valence-electron chi connectivity index (χ0n) is 13.8. The van der Waals surface area contributed by atoms with Crippen molar-refractivity contribution in [3.8, 4) is 6.07 Å². The Bertz CT molecular complexity index is 461. The molecule has 116 valence electrons. The molecule has 0 atom stereocenters. The summed E-state index contributed by atoms with van der Waals surface area (Å²) in [5.74, 6) is 0.901. The fraction of sp³-hybridized carbons (Fsp3) is 0.722. The molecule has 1 heterocycles. The van der Waals surface area contributed by atoms with Crippen molar-refractivity contribution in [2.75, 3.05) is 26.7 Å². The van der Waals surface area contributed by atoms with E-state index in [1.807, 2.05) is 14.0 Å². The summed E-state index contributed by atoms with van der Waals surface area (Å²) in [4.78, 5) is 2.60. The number of nitriles is 1. The molecule has 0 saturated heterocycles. The van der Waals surface area contributed by atoms with Crippen LogP contribution in [0.5, 0.6) is 0 Å². The van der Waals surface area contributed by atoms with Crippen LogP contribution in [0.3, 0.4) is 0 Å². The standard InChI is InChI=1S/C18H29N3/c1-14-12-21(13-16-7-5-4-6-8-16)10-9-17(14)18(11-19)15(2)20-3/h16,20H,4-10,12-13H2,1-3H3/b18-15+. The summed E-state index contributed by atoms with van der Waals surface area (Å²) in [7, 11) is 1.89. The molecule has 2 rings (SSSR count). The van der Waals surface area contributed by atoms with Crippen LogP contribution in [0.25, 0.3) is 0 Å². The fourth-order valence-electron chi connectivity index (χ4n) is 3.72. The number of rotatable bonds is 4. The van der Waals surface area contributed by atoms with Crippen LogP contribution in [0.2, 0.25) is 0 Å². The summed E-state index contributed by atoms with van der Waals surface area (Å²) >= 11 is 0. The Balaban J connectivity index is 2.02. The zero-order valence-corrected chi connectivity index (χ0v) is 13.8. The van der Waals surface area contributed by atoms with Gasteiger partial charge in [0.05, 0.1) is 5.57 Å². The molecule has 1 N–H and O–H groups in total. The predicted molar refractivity (Wildman–Crippen MR) is 87.7 cm³/mol. The molecular weight excluding hydrogens is 258 g/mol. The molecule has 0 radical (unpaired) electrons.